The molecule has 3 aromatic carbocycles. The summed E-state index contributed by atoms with van der Waals surface area (Å²) in [6.07, 6.45) is 6.24. The first kappa shape index (κ1) is 27.0. The molecule has 2 atom stereocenters. The fourth-order valence-electron chi connectivity index (χ4n) is 6.18. The van der Waals surface area contributed by atoms with Crippen LogP contribution in [-0.2, 0) is 22.6 Å². The Morgan fingerprint density at radius 1 is 1.00 bits per heavy atom. The van der Waals surface area contributed by atoms with E-state index >= 15 is 4.39 Å². The molecule has 0 bridgehead atoms. The highest BCUT2D eigenvalue weighted by Gasteiger charge is 2.33. The third-order valence-corrected chi connectivity index (χ3v) is 8.51. The highest BCUT2D eigenvalue weighted by atomic mass is 19.1. The fourth-order valence-corrected chi connectivity index (χ4v) is 6.18. The van der Waals surface area contributed by atoms with E-state index in [9.17, 15) is 4.79 Å². The number of fused-ring (bicyclic) bond motifs is 1. The van der Waals surface area contributed by atoms with Crippen molar-refractivity contribution >= 4 is 11.5 Å². The maximum Gasteiger partial charge on any atom is 0.308 e. The summed E-state index contributed by atoms with van der Waals surface area (Å²) in [5, 5.41) is 0. The van der Waals surface area contributed by atoms with Gasteiger partial charge in [-0.15, -0.1) is 0 Å². The van der Waals surface area contributed by atoms with Crippen molar-refractivity contribution in [1.82, 2.24) is 0 Å². The van der Waals surface area contributed by atoms with Crippen molar-refractivity contribution in [3.8, 4) is 22.6 Å². The minimum atomic E-state index is -0.272. The molecule has 2 aliphatic rings. The van der Waals surface area contributed by atoms with E-state index in [1.54, 1.807) is 19.2 Å². The first-order valence-corrected chi connectivity index (χ1v) is 13.7. The minimum Gasteiger partial charge on any atom is -0.497 e. The van der Waals surface area contributed by atoms with Gasteiger partial charge in [0.05, 0.1) is 20.1 Å². The average molecular weight is 529 g/mol. The lowest BCUT2D eigenvalue weighted by Crippen LogP contribution is -2.19. The number of carbonyl (C=O) groups is 1. The lowest BCUT2D eigenvalue weighted by Gasteiger charge is -2.25. The van der Waals surface area contributed by atoms with E-state index in [1.807, 2.05) is 25.1 Å². The molecular weight excluding hydrogens is 491 g/mol. The summed E-state index contributed by atoms with van der Waals surface area (Å²) < 4.78 is 31.7. The Labute approximate surface area is 230 Å². The zero-order valence-corrected chi connectivity index (χ0v) is 23.5. The maximum absolute atomic E-state index is 15.1. The largest absolute Gasteiger partial charge is 0.497 e. The van der Waals surface area contributed by atoms with Crippen molar-refractivity contribution in [1.29, 1.82) is 0 Å². The van der Waals surface area contributed by atoms with Crippen LogP contribution < -0.4 is 9.47 Å². The van der Waals surface area contributed by atoms with Crippen LogP contribution >= 0.6 is 0 Å². The quantitative estimate of drug-likeness (QED) is 0.277. The van der Waals surface area contributed by atoms with E-state index in [4.69, 9.17) is 14.2 Å². The molecule has 3 aromatic rings. The number of hydrogen-bond acceptors (Lipinski definition) is 4. The van der Waals surface area contributed by atoms with Gasteiger partial charge in [0.15, 0.2) is 0 Å². The lowest BCUT2D eigenvalue weighted by molar-refractivity contribution is -0.145. The maximum atomic E-state index is 15.1. The minimum absolute atomic E-state index is 0.00506. The Kier molecular flexibility index (Phi) is 7.53. The van der Waals surface area contributed by atoms with E-state index in [0.717, 1.165) is 48.1 Å². The van der Waals surface area contributed by atoms with Crippen molar-refractivity contribution in [3.63, 3.8) is 0 Å². The Balaban J connectivity index is 1.45. The molecule has 0 radical (unpaired) electrons. The predicted molar refractivity (Wildman–Crippen MR) is 152 cm³/mol. The second-order valence-corrected chi connectivity index (χ2v) is 11.4. The van der Waals surface area contributed by atoms with Gasteiger partial charge >= 0.3 is 5.97 Å². The molecule has 0 fully saturated rings. The second kappa shape index (κ2) is 10.9. The number of ether oxygens (including phenoxy) is 3. The van der Waals surface area contributed by atoms with Crippen LogP contribution in [0.3, 0.4) is 0 Å². The monoisotopic (exact) mass is 528 g/mol. The van der Waals surface area contributed by atoms with Crippen LogP contribution in [0.15, 0.2) is 60.7 Å². The van der Waals surface area contributed by atoms with Gasteiger partial charge in [0.25, 0.3) is 0 Å². The number of aryl methyl sites for hydroxylation is 1. The molecule has 2 aliphatic carbocycles. The summed E-state index contributed by atoms with van der Waals surface area (Å²) in [6.45, 7) is 6.82. The average Bonchev–Trinajstić information content (AvgIpc) is 3.53. The Morgan fingerprint density at radius 3 is 2.51 bits per heavy atom. The van der Waals surface area contributed by atoms with Gasteiger partial charge < -0.3 is 14.2 Å². The van der Waals surface area contributed by atoms with Gasteiger partial charge in [0, 0.05) is 5.56 Å². The van der Waals surface area contributed by atoms with Crippen molar-refractivity contribution in [2.24, 2.45) is 11.3 Å². The standard InChI is InChI=1S/C34H37FO4/c1-21(33(36)38-5)26-14-10-23-9-11-25(19-28(23)26)39-20-22-8-13-27(30-18-24(37-4)12-15-32(30)35)29(17-22)31-7-6-16-34(31,2)3/h7-9,11-13,15,17-19,21,26H,6,10,14,16,20H2,1-5H3/t21-,26-/m1/s1. The molecule has 0 saturated heterocycles. The van der Waals surface area contributed by atoms with E-state index in [1.165, 1.54) is 29.9 Å². The van der Waals surface area contributed by atoms with Crippen LogP contribution in [0.5, 0.6) is 11.5 Å². The summed E-state index contributed by atoms with van der Waals surface area (Å²) in [6, 6.07) is 17.2. The first-order chi connectivity index (χ1) is 18.7. The van der Waals surface area contributed by atoms with E-state index < -0.39 is 0 Å². The molecule has 0 heterocycles. The highest BCUT2D eigenvalue weighted by molar-refractivity contribution is 5.85. The molecule has 204 valence electrons. The summed E-state index contributed by atoms with van der Waals surface area (Å²) in [7, 11) is 3.04. The van der Waals surface area contributed by atoms with Crippen LogP contribution in [0.4, 0.5) is 4.39 Å². The molecule has 0 unspecified atom stereocenters. The van der Waals surface area contributed by atoms with E-state index in [2.05, 4.69) is 38.1 Å². The zero-order valence-electron chi connectivity index (χ0n) is 23.5. The molecule has 5 rings (SSSR count). The van der Waals surface area contributed by atoms with Crippen LogP contribution in [0, 0.1) is 17.2 Å². The Hall–Kier alpha value is -3.60. The first-order valence-electron chi connectivity index (χ1n) is 13.7. The molecular formula is C34H37FO4. The summed E-state index contributed by atoms with van der Waals surface area (Å²) in [5.74, 6) is 0.899. The van der Waals surface area contributed by atoms with Crippen LogP contribution in [0.1, 0.15) is 68.2 Å². The van der Waals surface area contributed by atoms with Gasteiger partial charge in [-0.1, -0.05) is 45.0 Å². The number of rotatable bonds is 8. The van der Waals surface area contributed by atoms with Gasteiger partial charge in [0.1, 0.15) is 23.9 Å². The molecule has 4 nitrogen and oxygen atoms in total. The third-order valence-electron chi connectivity index (χ3n) is 8.51. The Morgan fingerprint density at radius 2 is 1.79 bits per heavy atom. The van der Waals surface area contributed by atoms with Gasteiger partial charge in [-0.05, 0) is 107 Å². The van der Waals surface area contributed by atoms with Crippen LogP contribution in [-0.4, -0.2) is 20.2 Å². The van der Waals surface area contributed by atoms with Crippen molar-refractivity contribution < 1.29 is 23.4 Å². The van der Waals surface area contributed by atoms with Crippen LogP contribution in [0.2, 0.25) is 0 Å². The molecule has 39 heavy (non-hydrogen) atoms. The van der Waals surface area contributed by atoms with Crippen LogP contribution in [0.25, 0.3) is 16.7 Å². The van der Waals surface area contributed by atoms with Gasteiger partial charge in [-0.3, -0.25) is 4.79 Å². The number of hydrogen-bond donors (Lipinski definition) is 0. The molecule has 0 spiro atoms. The van der Waals surface area contributed by atoms with E-state index in [-0.39, 0.29) is 29.0 Å². The Bertz CT molecular complexity index is 1420. The summed E-state index contributed by atoms with van der Waals surface area (Å²) in [5.41, 5.74) is 7.11. The molecule has 0 aromatic heterocycles. The predicted octanol–water partition coefficient (Wildman–Crippen LogP) is 8.12. The number of benzene rings is 3. The van der Waals surface area contributed by atoms with Crippen molar-refractivity contribution in [2.45, 2.75) is 59.0 Å². The highest BCUT2D eigenvalue weighted by Crippen LogP contribution is 2.47. The SMILES string of the molecule is COC(=O)[C@H](C)[C@H]1CCc2ccc(OCc3ccc(-c4cc(OC)ccc4F)c(C4=CCCC4(C)C)c3)cc21. The molecule has 0 amide bonds. The molecule has 0 saturated carbocycles. The molecule has 0 N–H and O–H groups in total. The smallest absolute Gasteiger partial charge is 0.308 e. The molecule has 5 heteroatoms. The number of allylic oxidation sites excluding steroid dienone is 2. The van der Waals surface area contributed by atoms with Crippen molar-refractivity contribution in [3.05, 3.63) is 88.7 Å². The van der Waals surface area contributed by atoms with E-state index in [0.29, 0.717) is 17.9 Å². The number of carbonyl (C=O) groups excluding carboxylic acids is 1. The number of methoxy groups -OCH3 is 2. The normalized spacial score (nSPS) is 18.3. The van der Waals surface area contributed by atoms with Gasteiger partial charge in [-0.25, -0.2) is 4.39 Å². The lowest BCUT2D eigenvalue weighted by atomic mass is 9.79. The second-order valence-electron chi connectivity index (χ2n) is 11.4. The topological polar surface area (TPSA) is 44.8 Å². The number of halogens is 1. The van der Waals surface area contributed by atoms with Gasteiger partial charge in [-0.2, -0.15) is 0 Å². The summed E-state index contributed by atoms with van der Waals surface area (Å²) >= 11 is 0. The third kappa shape index (κ3) is 5.32. The number of esters is 1. The fraction of sp³-hybridized carbons (Fsp3) is 0.382. The summed E-state index contributed by atoms with van der Waals surface area (Å²) in [4.78, 5) is 12.2. The molecule has 0 aliphatic heterocycles. The van der Waals surface area contributed by atoms with Gasteiger partial charge in [0.2, 0.25) is 0 Å². The van der Waals surface area contributed by atoms with Crippen molar-refractivity contribution in [2.75, 3.05) is 14.2 Å². The zero-order chi connectivity index (χ0) is 27.7.